The quantitative estimate of drug-likeness (QED) is 0.851. The lowest BCUT2D eigenvalue weighted by Gasteiger charge is -2.38. The van der Waals surface area contributed by atoms with Crippen LogP contribution in [0.3, 0.4) is 0 Å². The van der Waals surface area contributed by atoms with Gasteiger partial charge in [-0.1, -0.05) is 36.2 Å². The number of hydrogen-bond acceptors (Lipinski definition) is 1. The summed E-state index contributed by atoms with van der Waals surface area (Å²) in [5, 5.41) is 4.64. The van der Waals surface area contributed by atoms with E-state index in [1.54, 1.807) is 0 Å². The molecule has 1 aromatic rings. The van der Waals surface area contributed by atoms with Crippen LogP contribution >= 0.6 is 11.6 Å². The van der Waals surface area contributed by atoms with E-state index in [2.05, 4.69) is 17.4 Å². The van der Waals surface area contributed by atoms with E-state index in [0.717, 1.165) is 17.0 Å². The summed E-state index contributed by atoms with van der Waals surface area (Å²) in [4.78, 5) is 0. The highest BCUT2D eigenvalue weighted by atomic mass is 35.5. The van der Waals surface area contributed by atoms with Crippen molar-refractivity contribution in [2.75, 3.05) is 6.54 Å². The Morgan fingerprint density at radius 2 is 1.94 bits per heavy atom. The van der Waals surface area contributed by atoms with Crippen LogP contribution in [0.5, 0.6) is 0 Å². The van der Waals surface area contributed by atoms with Gasteiger partial charge in [-0.25, -0.2) is 0 Å². The fourth-order valence-electron chi connectivity index (χ4n) is 2.87. The topological polar surface area (TPSA) is 12.0 Å². The third kappa shape index (κ3) is 2.51. The lowest BCUT2D eigenvalue weighted by molar-refractivity contribution is 0.237. The van der Waals surface area contributed by atoms with E-state index >= 15 is 0 Å². The van der Waals surface area contributed by atoms with E-state index < -0.39 is 0 Å². The molecule has 0 amide bonds. The summed E-state index contributed by atoms with van der Waals surface area (Å²) in [5.74, 6) is 1.65. The van der Waals surface area contributed by atoms with Gasteiger partial charge in [0, 0.05) is 11.1 Å². The fourth-order valence-corrected chi connectivity index (χ4v) is 3.16. The summed E-state index contributed by atoms with van der Waals surface area (Å²) in [6.07, 6.45) is 6.84. The molecule has 0 heterocycles. The zero-order chi connectivity index (χ0) is 11.7. The van der Waals surface area contributed by atoms with Crippen molar-refractivity contribution in [3.8, 4) is 0 Å². The van der Waals surface area contributed by atoms with E-state index in [1.165, 1.54) is 44.2 Å². The van der Waals surface area contributed by atoms with Crippen molar-refractivity contribution in [1.82, 2.24) is 5.32 Å². The second-order valence-corrected chi connectivity index (χ2v) is 6.00. The average Bonchev–Trinajstić information content (AvgIpc) is 2.20. The Morgan fingerprint density at radius 1 is 1.18 bits per heavy atom. The zero-order valence-corrected chi connectivity index (χ0v) is 10.9. The van der Waals surface area contributed by atoms with Crippen molar-refractivity contribution in [1.29, 1.82) is 0 Å². The van der Waals surface area contributed by atoms with E-state index in [-0.39, 0.29) is 0 Å². The molecule has 0 spiro atoms. The minimum atomic E-state index is 0.683. The molecule has 3 rings (SSSR count). The Balaban J connectivity index is 1.46. The summed E-state index contributed by atoms with van der Waals surface area (Å²) >= 11 is 6.22. The smallest absolute Gasteiger partial charge is 0.0440 e. The van der Waals surface area contributed by atoms with Gasteiger partial charge in [0.15, 0.2) is 0 Å². The number of halogens is 1. The SMILES string of the molecule is Clc1ccccc1C1CC(NCC2CCC2)C1. The maximum absolute atomic E-state index is 6.22. The molecule has 2 saturated carbocycles. The molecular formula is C15H20ClN. The Morgan fingerprint density at radius 3 is 2.59 bits per heavy atom. The third-order valence-electron chi connectivity index (χ3n) is 4.40. The summed E-state index contributed by atoms with van der Waals surface area (Å²) < 4.78 is 0. The van der Waals surface area contributed by atoms with Crippen molar-refractivity contribution >= 4 is 11.6 Å². The van der Waals surface area contributed by atoms with Crippen molar-refractivity contribution in [2.24, 2.45) is 5.92 Å². The van der Waals surface area contributed by atoms with Gasteiger partial charge >= 0.3 is 0 Å². The van der Waals surface area contributed by atoms with E-state index in [1.807, 2.05) is 12.1 Å². The number of hydrogen-bond donors (Lipinski definition) is 1. The number of rotatable bonds is 4. The van der Waals surface area contributed by atoms with Crippen LogP contribution in [-0.4, -0.2) is 12.6 Å². The Labute approximate surface area is 109 Å². The minimum Gasteiger partial charge on any atom is -0.314 e. The predicted molar refractivity (Wildman–Crippen MR) is 72.6 cm³/mol. The molecule has 0 atom stereocenters. The molecule has 0 bridgehead atoms. The molecule has 0 aliphatic heterocycles. The lowest BCUT2D eigenvalue weighted by atomic mass is 9.75. The first-order chi connectivity index (χ1) is 8.33. The van der Waals surface area contributed by atoms with Crippen LogP contribution in [0.15, 0.2) is 24.3 Å². The monoisotopic (exact) mass is 249 g/mol. The number of benzene rings is 1. The first kappa shape index (κ1) is 11.6. The predicted octanol–water partition coefficient (Wildman–Crippen LogP) is 3.98. The van der Waals surface area contributed by atoms with Crippen LogP contribution in [0.25, 0.3) is 0 Å². The average molecular weight is 250 g/mol. The summed E-state index contributed by atoms with van der Waals surface area (Å²) in [7, 11) is 0. The Hall–Kier alpha value is -0.530. The van der Waals surface area contributed by atoms with E-state index in [4.69, 9.17) is 11.6 Å². The van der Waals surface area contributed by atoms with Crippen LogP contribution in [0, 0.1) is 5.92 Å². The van der Waals surface area contributed by atoms with Crippen molar-refractivity contribution in [2.45, 2.75) is 44.1 Å². The molecular weight excluding hydrogens is 230 g/mol. The largest absolute Gasteiger partial charge is 0.314 e. The maximum Gasteiger partial charge on any atom is 0.0440 e. The third-order valence-corrected chi connectivity index (χ3v) is 4.75. The van der Waals surface area contributed by atoms with Crippen molar-refractivity contribution in [3.05, 3.63) is 34.9 Å². The van der Waals surface area contributed by atoms with Crippen molar-refractivity contribution in [3.63, 3.8) is 0 Å². The van der Waals surface area contributed by atoms with Gasteiger partial charge in [0.1, 0.15) is 0 Å². The molecule has 0 saturated heterocycles. The second kappa shape index (κ2) is 4.99. The molecule has 2 aliphatic carbocycles. The highest BCUT2D eigenvalue weighted by Crippen LogP contribution is 2.40. The highest BCUT2D eigenvalue weighted by molar-refractivity contribution is 6.31. The normalized spacial score (nSPS) is 28.5. The Kier molecular flexibility index (Phi) is 3.39. The highest BCUT2D eigenvalue weighted by Gasteiger charge is 2.31. The van der Waals surface area contributed by atoms with Gasteiger partial charge in [-0.15, -0.1) is 0 Å². The van der Waals surface area contributed by atoms with Gasteiger partial charge in [0.2, 0.25) is 0 Å². The molecule has 92 valence electrons. The zero-order valence-electron chi connectivity index (χ0n) is 10.2. The molecule has 1 aromatic carbocycles. The van der Waals surface area contributed by atoms with Gasteiger partial charge in [-0.3, -0.25) is 0 Å². The van der Waals surface area contributed by atoms with Gasteiger partial charge in [-0.2, -0.15) is 0 Å². The first-order valence-corrected chi connectivity index (χ1v) is 7.18. The maximum atomic E-state index is 6.22. The van der Waals surface area contributed by atoms with Crippen LogP contribution in [0.4, 0.5) is 0 Å². The molecule has 0 aromatic heterocycles. The standard InChI is InChI=1S/C15H20ClN/c16-15-7-2-1-6-14(15)12-8-13(9-12)17-10-11-4-3-5-11/h1-2,6-7,11-13,17H,3-5,8-10H2. The summed E-state index contributed by atoms with van der Waals surface area (Å²) in [5.41, 5.74) is 1.34. The molecule has 2 fully saturated rings. The van der Waals surface area contributed by atoms with Crippen LogP contribution in [0.2, 0.25) is 5.02 Å². The summed E-state index contributed by atoms with van der Waals surface area (Å²) in [6.45, 7) is 1.24. The second-order valence-electron chi connectivity index (χ2n) is 5.59. The molecule has 1 N–H and O–H groups in total. The fraction of sp³-hybridized carbons (Fsp3) is 0.600. The van der Waals surface area contributed by atoms with Gasteiger partial charge in [-0.05, 0) is 55.7 Å². The van der Waals surface area contributed by atoms with Gasteiger partial charge in [0.25, 0.3) is 0 Å². The number of nitrogens with one attached hydrogen (secondary N) is 1. The molecule has 17 heavy (non-hydrogen) atoms. The summed E-state index contributed by atoms with van der Waals surface area (Å²) in [6, 6.07) is 9.02. The van der Waals surface area contributed by atoms with Gasteiger partial charge in [0.05, 0.1) is 0 Å². The lowest BCUT2D eigenvalue weighted by Crippen LogP contribution is -2.43. The van der Waals surface area contributed by atoms with Crippen molar-refractivity contribution < 1.29 is 0 Å². The van der Waals surface area contributed by atoms with Crippen LogP contribution in [-0.2, 0) is 0 Å². The molecule has 1 nitrogen and oxygen atoms in total. The van der Waals surface area contributed by atoms with Gasteiger partial charge < -0.3 is 5.32 Å². The Bertz CT molecular complexity index is 380. The minimum absolute atomic E-state index is 0.683. The van der Waals surface area contributed by atoms with E-state index in [9.17, 15) is 0 Å². The van der Waals surface area contributed by atoms with E-state index in [0.29, 0.717) is 5.92 Å². The first-order valence-electron chi connectivity index (χ1n) is 6.80. The van der Waals surface area contributed by atoms with Crippen LogP contribution in [0.1, 0.15) is 43.6 Å². The molecule has 0 unspecified atom stereocenters. The van der Waals surface area contributed by atoms with Crippen LogP contribution < -0.4 is 5.32 Å². The molecule has 0 radical (unpaired) electrons. The molecule has 2 aliphatic rings. The molecule has 2 heteroatoms.